The minimum absolute atomic E-state index is 0.164. The van der Waals surface area contributed by atoms with Crippen molar-refractivity contribution in [2.75, 3.05) is 11.1 Å². The van der Waals surface area contributed by atoms with E-state index >= 15 is 0 Å². The summed E-state index contributed by atoms with van der Waals surface area (Å²) in [5, 5.41) is 15.7. The number of carbonyl (C=O) groups excluding carboxylic acids is 1. The molecule has 26 heavy (non-hydrogen) atoms. The average molecular weight is 388 g/mol. The Bertz CT molecular complexity index is 933. The van der Waals surface area contributed by atoms with E-state index in [0.717, 1.165) is 22.4 Å². The van der Waals surface area contributed by atoms with E-state index < -0.39 is 0 Å². The lowest BCUT2D eigenvalue weighted by atomic mass is 10.1. The monoisotopic (exact) mass is 387 g/mol. The molecule has 0 aliphatic heterocycles. The zero-order valence-corrected chi connectivity index (χ0v) is 16.2. The summed E-state index contributed by atoms with van der Waals surface area (Å²) in [6.45, 7) is 5.88. The molecule has 0 unspecified atom stereocenters. The number of aryl methyl sites for hydroxylation is 3. The predicted molar refractivity (Wildman–Crippen MR) is 104 cm³/mol. The van der Waals surface area contributed by atoms with Crippen LogP contribution in [0.5, 0.6) is 0 Å². The SMILES string of the molecule is Cc1cccc(-n2nnnc2SCC(=O)Nc2c(C)cc(C)cc2Cl)c1. The van der Waals surface area contributed by atoms with Crippen molar-refractivity contribution in [3.05, 3.63) is 58.1 Å². The molecule has 2 aromatic carbocycles. The first-order valence-electron chi connectivity index (χ1n) is 7.99. The van der Waals surface area contributed by atoms with Gasteiger partial charge in [-0.1, -0.05) is 41.6 Å². The smallest absolute Gasteiger partial charge is 0.234 e. The van der Waals surface area contributed by atoms with Crippen LogP contribution < -0.4 is 5.32 Å². The van der Waals surface area contributed by atoms with E-state index in [0.29, 0.717) is 15.9 Å². The highest BCUT2D eigenvalue weighted by Crippen LogP contribution is 2.28. The van der Waals surface area contributed by atoms with Gasteiger partial charge in [0.05, 0.1) is 22.2 Å². The molecule has 8 heteroatoms. The average Bonchev–Trinajstić information content (AvgIpc) is 3.05. The molecule has 3 aromatic rings. The van der Waals surface area contributed by atoms with Crippen LogP contribution in [-0.2, 0) is 4.79 Å². The molecule has 3 rings (SSSR count). The van der Waals surface area contributed by atoms with Gasteiger partial charge in [-0.05, 0) is 66.1 Å². The van der Waals surface area contributed by atoms with Gasteiger partial charge >= 0.3 is 0 Å². The molecule has 1 heterocycles. The quantitative estimate of drug-likeness (QED) is 0.670. The zero-order chi connectivity index (χ0) is 18.7. The predicted octanol–water partition coefficient (Wildman–Crippen LogP) is 3.97. The van der Waals surface area contributed by atoms with E-state index in [1.807, 2.05) is 57.2 Å². The van der Waals surface area contributed by atoms with Crippen molar-refractivity contribution in [1.82, 2.24) is 20.2 Å². The minimum Gasteiger partial charge on any atom is -0.324 e. The minimum atomic E-state index is -0.164. The number of benzene rings is 2. The first kappa shape index (κ1) is 18.4. The van der Waals surface area contributed by atoms with Crippen molar-refractivity contribution < 1.29 is 4.79 Å². The number of anilines is 1. The molecule has 1 amide bonds. The fourth-order valence-corrected chi connectivity index (χ4v) is 3.63. The van der Waals surface area contributed by atoms with Crippen molar-refractivity contribution in [2.24, 2.45) is 0 Å². The summed E-state index contributed by atoms with van der Waals surface area (Å²) in [6.07, 6.45) is 0. The number of carbonyl (C=O) groups is 1. The Morgan fingerprint density at radius 2 is 2.00 bits per heavy atom. The van der Waals surface area contributed by atoms with Crippen molar-refractivity contribution >= 4 is 35.0 Å². The van der Waals surface area contributed by atoms with Gasteiger partial charge < -0.3 is 5.32 Å². The molecule has 134 valence electrons. The van der Waals surface area contributed by atoms with Gasteiger partial charge in [-0.2, -0.15) is 4.68 Å². The van der Waals surface area contributed by atoms with Crippen LogP contribution in [0.25, 0.3) is 5.69 Å². The largest absolute Gasteiger partial charge is 0.324 e. The van der Waals surface area contributed by atoms with E-state index in [1.54, 1.807) is 4.68 Å². The first-order chi connectivity index (χ1) is 12.4. The maximum atomic E-state index is 12.3. The topological polar surface area (TPSA) is 72.7 Å². The molecule has 0 bridgehead atoms. The number of hydrogen-bond donors (Lipinski definition) is 1. The molecule has 0 atom stereocenters. The van der Waals surface area contributed by atoms with Crippen molar-refractivity contribution in [3.63, 3.8) is 0 Å². The van der Waals surface area contributed by atoms with Gasteiger partial charge in [0.25, 0.3) is 0 Å². The van der Waals surface area contributed by atoms with Crippen LogP contribution in [0.3, 0.4) is 0 Å². The van der Waals surface area contributed by atoms with E-state index in [4.69, 9.17) is 11.6 Å². The standard InChI is InChI=1S/C18H18ClN5OS/c1-11-5-4-6-14(8-11)24-18(21-22-23-24)26-10-16(25)20-17-13(3)7-12(2)9-15(17)19/h4-9H,10H2,1-3H3,(H,20,25). The third-order valence-electron chi connectivity index (χ3n) is 3.72. The molecule has 1 aromatic heterocycles. The van der Waals surface area contributed by atoms with Crippen LogP contribution in [0.4, 0.5) is 5.69 Å². The van der Waals surface area contributed by atoms with Gasteiger partial charge in [-0.3, -0.25) is 4.79 Å². The summed E-state index contributed by atoms with van der Waals surface area (Å²) < 4.78 is 1.62. The van der Waals surface area contributed by atoms with Gasteiger partial charge in [0.2, 0.25) is 11.1 Å². The van der Waals surface area contributed by atoms with E-state index in [2.05, 4.69) is 20.8 Å². The number of tetrazole rings is 1. The summed E-state index contributed by atoms with van der Waals surface area (Å²) in [7, 11) is 0. The molecule has 0 spiro atoms. The van der Waals surface area contributed by atoms with E-state index in [9.17, 15) is 4.79 Å². The lowest BCUT2D eigenvalue weighted by molar-refractivity contribution is -0.113. The number of amides is 1. The summed E-state index contributed by atoms with van der Waals surface area (Å²) >= 11 is 7.51. The molecule has 0 saturated carbocycles. The first-order valence-corrected chi connectivity index (χ1v) is 9.35. The fraction of sp³-hybridized carbons (Fsp3) is 0.222. The van der Waals surface area contributed by atoms with Gasteiger partial charge in [0, 0.05) is 0 Å². The summed E-state index contributed by atoms with van der Waals surface area (Å²) in [5.74, 6) is 0.0122. The van der Waals surface area contributed by atoms with Crippen LogP contribution in [0.1, 0.15) is 16.7 Å². The highest BCUT2D eigenvalue weighted by Gasteiger charge is 2.14. The van der Waals surface area contributed by atoms with Crippen molar-refractivity contribution in [3.8, 4) is 5.69 Å². The molecule has 0 aliphatic rings. The lowest BCUT2D eigenvalue weighted by Gasteiger charge is -2.11. The normalized spacial score (nSPS) is 10.8. The number of nitrogens with one attached hydrogen (secondary N) is 1. The number of aromatic nitrogens is 4. The molecule has 1 N–H and O–H groups in total. The Balaban J connectivity index is 1.69. The Kier molecular flexibility index (Phi) is 5.58. The second-order valence-corrected chi connectivity index (χ2v) is 7.34. The molecule has 0 saturated heterocycles. The summed E-state index contributed by atoms with van der Waals surface area (Å²) in [4.78, 5) is 12.3. The van der Waals surface area contributed by atoms with Crippen LogP contribution in [0, 0.1) is 20.8 Å². The molecule has 6 nitrogen and oxygen atoms in total. The molecule has 0 radical (unpaired) electrons. The van der Waals surface area contributed by atoms with Gasteiger partial charge in [-0.25, -0.2) is 0 Å². The fourth-order valence-electron chi connectivity index (χ4n) is 2.57. The highest BCUT2D eigenvalue weighted by atomic mass is 35.5. The van der Waals surface area contributed by atoms with Gasteiger partial charge in [-0.15, -0.1) is 5.10 Å². The molecular formula is C18H18ClN5OS. The second-order valence-electron chi connectivity index (χ2n) is 5.99. The van der Waals surface area contributed by atoms with Crippen LogP contribution >= 0.6 is 23.4 Å². The molecule has 0 aliphatic carbocycles. The van der Waals surface area contributed by atoms with E-state index in [1.165, 1.54) is 11.8 Å². The summed E-state index contributed by atoms with van der Waals surface area (Å²) in [5.41, 5.74) is 4.59. The molecular weight excluding hydrogens is 370 g/mol. The van der Waals surface area contributed by atoms with Crippen LogP contribution in [0.15, 0.2) is 41.6 Å². The number of nitrogens with zero attached hydrogens (tertiary/aromatic N) is 4. The maximum absolute atomic E-state index is 12.3. The van der Waals surface area contributed by atoms with Crippen LogP contribution in [0.2, 0.25) is 5.02 Å². The number of hydrogen-bond acceptors (Lipinski definition) is 5. The van der Waals surface area contributed by atoms with Crippen LogP contribution in [-0.4, -0.2) is 31.9 Å². The second kappa shape index (κ2) is 7.88. The van der Waals surface area contributed by atoms with Gasteiger partial charge in [0.15, 0.2) is 0 Å². The third-order valence-corrected chi connectivity index (χ3v) is 4.93. The highest BCUT2D eigenvalue weighted by molar-refractivity contribution is 7.99. The number of thioether (sulfide) groups is 1. The number of rotatable bonds is 5. The number of halogens is 1. The Morgan fingerprint density at radius 1 is 1.19 bits per heavy atom. The Hall–Kier alpha value is -2.38. The van der Waals surface area contributed by atoms with Crippen molar-refractivity contribution in [1.29, 1.82) is 0 Å². The third kappa shape index (κ3) is 4.23. The Labute approximate surface area is 160 Å². The molecule has 0 fully saturated rings. The lowest BCUT2D eigenvalue weighted by Crippen LogP contribution is -2.16. The summed E-state index contributed by atoms with van der Waals surface area (Å²) in [6, 6.07) is 11.7. The van der Waals surface area contributed by atoms with Crippen molar-refractivity contribution in [2.45, 2.75) is 25.9 Å². The van der Waals surface area contributed by atoms with E-state index in [-0.39, 0.29) is 11.7 Å². The maximum Gasteiger partial charge on any atom is 0.234 e. The van der Waals surface area contributed by atoms with Gasteiger partial charge in [0.1, 0.15) is 0 Å². The Morgan fingerprint density at radius 3 is 2.73 bits per heavy atom. The zero-order valence-electron chi connectivity index (χ0n) is 14.7.